The fourth-order valence-electron chi connectivity index (χ4n) is 4.23. The maximum atomic E-state index is 12.9. The third-order valence-electron chi connectivity index (χ3n) is 5.97. The van der Waals surface area contributed by atoms with Crippen molar-refractivity contribution in [3.8, 4) is 0 Å². The highest BCUT2D eigenvalue weighted by molar-refractivity contribution is 7.98. The molecule has 6 nitrogen and oxygen atoms in total. The molecule has 1 aliphatic heterocycles. The smallest absolute Gasteiger partial charge is 0.259 e. The number of piperidine rings is 1. The van der Waals surface area contributed by atoms with Crippen LogP contribution in [0.5, 0.6) is 0 Å². The first-order valence-corrected chi connectivity index (χ1v) is 12.2. The van der Waals surface area contributed by atoms with Crippen molar-refractivity contribution in [1.29, 1.82) is 0 Å². The molecule has 4 rings (SSSR count). The Morgan fingerprint density at radius 3 is 2.50 bits per heavy atom. The lowest BCUT2D eigenvalue weighted by Crippen LogP contribution is -2.35. The van der Waals surface area contributed by atoms with E-state index < -0.39 is 6.10 Å². The van der Waals surface area contributed by atoms with Crippen LogP contribution in [0.1, 0.15) is 36.1 Å². The maximum Gasteiger partial charge on any atom is 0.259 e. The fourth-order valence-corrected chi connectivity index (χ4v) is 4.64. The number of aromatic nitrogens is 2. The number of benzene rings is 2. The van der Waals surface area contributed by atoms with Crippen LogP contribution in [0.2, 0.25) is 0 Å². The Bertz CT molecular complexity index is 998. The molecule has 1 saturated heterocycles. The topological polar surface area (TPSA) is 59.4 Å². The van der Waals surface area contributed by atoms with Crippen molar-refractivity contribution in [3.63, 3.8) is 0 Å². The first-order valence-electron chi connectivity index (χ1n) is 11.0. The molecule has 0 spiro atoms. The number of nitrogens with one attached hydrogen (secondary N) is 1. The van der Waals surface area contributed by atoms with Crippen LogP contribution in [-0.4, -0.2) is 47.0 Å². The Labute approximate surface area is 194 Å². The van der Waals surface area contributed by atoms with Gasteiger partial charge in [-0.1, -0.05) is 42.5 Å². The van der Waals surface area contributed by atoms with Gasteiger partial charge in [-0.05, 0) is 42.4 Å². The first kappa shape index (κ1) is 22.6. The van der Waals surface area contributed by atoms with Gasteiger partial charge in [-0.15, -0.1) is 11.8 Å². The molecular weight excluding hydrogens is 420 g/mol. The predicted octanol–water partition coefficient (Wildman–Crippen LogP) is 4.77. The highest BCUT2D eigenvalue weighted by Gasteiger charge is 2.25. The van der Waals surface area contributed by atoms with Gasteiger partial charge in [0.25, 0.3) is 5.91 Å². The minimum atomic E-state index is -0.654. The van der Waals surface area contributed by atoms with Gasteiger partial charge in [-0.2, -0.15) is 5.10 Å². The van der Waals surface area contributed by atoms with Crippen molar-refractivity contribution < 1.29 is 9.53 Å². The Morgan fingerprint density at radius 2 is 1.84 bits per heavy atom. The van der Waals surface area contributed by atoms with Crippen LogP contribution in [0.25, 0.3) is 0 Å². The molecule has 0 unspecified atom stereocenters. The SMILES string of the molecule is CO[C@@H](C(=O)Nc1ccnn1C1CCN(Cc2ccc(SC)cc2)CC1)c1ccccc1. The normalized spacial score (nSPS) is 16.1. The van der Waals surface area contributed by atoms with Gasteiger partial charge in [0, 0.05) is 37.7 Å². The van der Waals surface area contributed by atoms with E-state index in [4.69, 9.17) is 4.74 Å². The number of anilines is 1. The number of methoxy groups -OCH3 is 1. The quantitative estimate of drug-likeness (QED) is 0.501. The van der Waals surface area contributed by atoms with Crippen LogP contribution in [0.4, 0.5) is 5.82 Å². The van der Waals surface area contributed by atoms with E-state index in [-0.39, 0.29) is 11.9 Å². The predicted molar refractivity (Wildman–Crippen MR) is 129 cm³/mol. The Kier molecular flexibility index (Phi) is 7.63. The van der Waals surface area contributed by atoms with E-state index in [1.54, 1.807) is 25.1 Å². The summed E-state index contributed by atoms with van der Waals surface area (Å²) in [5, 5.41) is 7.54. The van der Waals surface area contributed by atoms with E-state index >= 15 is 0 Å². The number of ether oxygens (including phenoxy) is 1. The zero-order valence-electron chi connectivity index (χ0n) is 18.6. The molecule has 0 radical (unpaired) electrons. The number of rotatable bonds is 8. The molecule has 7 heteroatoms. The summed E-state index contributed by atoms with van der Waals surface area (Å²) >= 11 is 1.77. The number of likely N-dealkylation sites (tertiary alicyclic amines) is 1. The van der Waals surface area contributed by atoms with Crippen molar-refractivity contribution >= 4 is 23.5 Å². The average molecular weight is 451 g/mol. The van der Waals surface area contributed by atoms with Crippen LogP contribution in [0.15, 0.2) is 71.8 Å². The summed E-state index contributed by atoms with van der Waals surface area (Å²) in [6.45, 7) is 2.98. The van der Waals surface area contributed by atoms with Crippen molar-refractivity contribution in [3.05, 3.63) is 78.0 Å². The summed E-state index contributed by atoms with van der Waals surface area (Å²) in [6, 6.07) is 20.5. The lowest BCUT2D eigenvalue weighted by atomic mass is 10.0. The summed E-state index contributed by atoms with van der Waals surface area (Å²) in [4.78, 5) is 16.7. The summed E-state index contributed by atoms with van der Waals surface area (Å²) in [5.74, 6) is 0.533. The van der Waals surface area contributed by atoms with E-state index in [0.717, 1.165) is 43.9 Å². The standard InChI is InChI=1S/C25H30N4O2S/c1-31-24(20-6-4-3-5-7-20)25(30)27-23-12-15-26-29(23)21-13-16-28(17-14-21)18-19-8-10-22(32-2)11-9-19/h3-12,15,21,24H,13-14,16-18H2,1-2H3,(H,27,30)/t24-/m1/s1. The van der Waals surface area contributed by atoms with Crippen LogP contribution >= 0.6 is 11.8 Å². The Balaban J connectivity index is 1.35. The largest absolute Gasteiger partial charge is 0.367 e. The van der Waals surface area contributed by atoms with Crippen LogP contribution in [0, 0.1) is 0 Å². The Hall–Kier alpha value is -2.61. The monoisotopic (exact) mass is 450 g/mol. The highest BCUT2D eigenvalue weighted by atomic mass is 32.2. The second-order valence-electron chi connectivity index (χ2n) is 8.03. The van der Waals surface area contributed by atoms with Crippen LogP contribution < -0.4 is 5.32 Å². The molecule has 1 aromatic heterocycles. The molecule has 1 N–H and O–H groups in total. The van der Waals surface area contributed by atoms with Gasteiger partial charge in [-0.25, -0.2) is 4.68 Å². The lowest BCUT2D eigenvalue weighted by Gasteiger charge is -2.32. The molecule has 1 atom stereocenters. The van der Waals surface area contributed by atoms with E-state index in [1.165, 1.54) is 10.5 Å². The molecule has 3 aromatic rings. The summed E-state index contributed by atoms with van der Waals surface area (Å²) in [6.07, 6.45) is 5.20. The third-order valence-corrected chi connectivity index (χ3v) is 6.71. The van der Waals surface area contributed by atoms with Crippen molar-refractivity contribution in [1.82, 2.24) is 14.7 Å². The van der Waals surface area contributed by atoms with Crippen molar-refractivity contribution in [2.24, 2.45) is 0 Å². The molecule has 2 aromatic carbocycles. The number of amides is 1. The number of hydrogen-bond acceptors (Lipinski definition) is 5. The molecule has 1 fully saturated rings. The second kappa shape index (κ2) is 10.8. The lowest BCUT2D eigenvalue weighted by molar-refractivity contribution is -0.126. The minimum absolute atomic E-state index is 0.188. The number of thioether (sulfide) groups is 1. The van der Waals surface area contributed by atoms with Gasteiger partial charge < -0.3 is 10.1 Å². The summed E-state index contributed by atoms with van der Waals surface area (Å²) < 4.78 is 7.43. The maximum absolute atomic E-state index is 12.9. The molecular formula is C25H30N4O2S. The molecule has 0 bridgehead atoms. The minimum Gasteiger partial charge on any atom is -0.367 e. The van der Waals surface area contributed by atoms with Crippen molar-refractivity contribution in [2.45, 2.75) is 36.4 Å². The van der Waals surface area contributed by atoms with E-state index in [9.17, 15) is 4.79 Å². The van der Waals surface area contributed by atoms with Gasteiger partial charge in [0.05, 0.1) is 12.2 Å². The summed E-state index contributed by atoms with van der Waals surface area (Å²) in [7, 11) is 1.55. The van der Waals surface area contributed by atoms with Gasteiger partial charge >= 0.3 is 0 Å². The van der Waals surface area contributed by atoms with E-state index in [0.29, 0.717) is 0 Å². The summed E-state index contributed by atoms with van der Waals surface area (Å²) in [5.41, 5.74) is 2.18. The zero-order valence-corrected chi connectivity index (χ0v) is 19.4. The van der Waals surface area contributed by atoms with Gasteiger partial charge in [0.1, 0.15) is 5.82 Å². The molecule has 1 aliphatic rings. The first-order chi connectivity index (χ1) is 15.7. The number of carbonyl (C=O) groups excluding carboxylic acids is 1. The zero-order chi connectivity index (χ0) is 22.3. The van der Waals surface area contributed by atoms with Gasteiger partial charge in [0.15, 0.2) is 6.10 Å². The number of carbonyl (C=O) groups is 1. The average Bonchev–Trinajstić information content (AvgIpc) is 3.29. The second-order valence-corrected chi connectivity index (χ2v) is 8.91. The molecule has 168 valence electrons. The van der Waals surface area contributed by atoms with Crippen molar-refractivity contribution in [2.75, 3.05) is 31.8 Å². The number of nitrogens with zero attached hydrogens (tertiary/aromatic N) is 3. The molecule has 1 amide bonds. The molecule has 0 saturated carbocycles. The third kappa shape index (κ3) is 5.41. The number of hydrogen-bond donors (Lipinski definition) is 1. The van der Waals surface area contributed by atoms with Gasteiger partial charge in [-0.3, -0.25) is 9.69 Å². The Morgan fingerprint density at radius 1 is 1.12 bits per heavy atom. The van der Waals surface area contributed by atoms with E-state index in [1.807, 2.05) is 41.1 Å². The highest BCUT2D eigenvalue weighted by Crippen LogP contribution is 2.27. The molecule has 32 heavy (non-hydrogen) atoms. The molecule has 0 aliphatic carbocycles. The molecule has 2 heterocycles. The van der Waals surface area contributed by atoms with Crippen LogP contribution in [0.3, 0.4) is 0 Å². The fraction of sp³-hybridized carbons (Fsp3) is 0.360. The van der Waals surface area contributed by atoms with E-state index in [2.05, 4.69) is 45.8 Å². The van der Waals surface area contributed by atoms with Crippen LogP contribution in [-0.2, 0) is 16.1 Å². The van der Waals surface area contributed by atoms with Gasteiger partial charge in [0.2, 0.25) is 0 Å².